The van der Waals surface area contributed by atoms with Gasteiger partial charge in [-0.25, -0.2) is 21.8 Å². The minimum absolute atomic E-state index is 0.0556. The highest BCUT2D eigenvalue weighted by molar-refractivity contribution is 7.91. The molecule has 10 nitrogen and oxygen atoms in total. The summed E-state index contributed by atoms with van der Waals surface area (Å²) >= 11 is 29.8. The summed E-state index contributed by atoms with van der Waals surface area (Å²) in [6.07, 6.45) is 2.21. The lowest BCUT2D eigenvalue weighted by Gasteiger charge is -2.06. The van der Waals surface area contributed by atoms with Crippen molar-refractivity contribution in [2.45, 2.75) is 33.4 Å². The molecular formula is C26H18Cl4N4O6S4. The van der Waals surface area contributed by atoms with Crippen molar-refractivity contribution in [3.8, 4) is 0 Å². The number of sulfone groups is 2. The monoisotopic (exact) mass is 750 g/mol. The van der Waals surface area contributed by atoms with Crippen LogP contribution >= 0.6 is 70.8 Å². The molecule has 2 aromatic carbocycles. The second-order valence-corrected chi connectivity index (χ2v) is 14.9. The molecule has 0 aliphatic carbocycles. The average molecular weight is 753 g/mol. The molecule has 2 heterocycles. The maximum Gasteiger partial charge on any atom is 0.363 e. The van der Waals surface area contributed by atoms with Crippen LogP contribution in [-0.2, 0) is 19.7 Å². The van der Waals surface area contributed by atoms with E-state index in [0.29, 0.717) is 27.0 Å². The van der Waals surface area contributed by atoms with E-state index < -0.39 is 30.4 Å². The maximum absolute atomic E-state index is 12.4. The quantitative estimate of drug-likeness (QED) is 0.0621. The Morgan fingerprint density at radius 2 is 1.20 bits per heavy atom. The van der Waals surface area contributed by atoms with Crippen molar-refractivity contribution in [3.05, 3.63) is 104 Å². The zero-order valence-corrected chi connectivity index (χ0v) is 28.6. The van der Waals surface area contributed by atoms with Crippen molar-refractivity contribution in [1.82, 2.24) is 9.97 Å². The number of nitro groups is 1. The SMILES string of the molecule is Cc1cc(S(=O)(=O)c2ccc(N=C=S)nc2)ccc1Cl.Cc1cc(S(=O)(=O)c2ccc([N+](=O)[O-])nc2)ccc1Cl.S=C(Cl)Cl. The van der Waals surface area contributed by atoms with Gasteiger partial charge in [-0.3, -0.25) is 0 Å². The van der Waals surface area contributed by atoms with Crippen molar-refractivity contribution in [2.75, 3.05) is 0 Å². The lowest BCUT2D eigenvalue weighted by atomic mass is 10.2. The third kappa shape index (κ3) is 10.3. The van der Waals surface area contributed by atoms with E-state index in [1.54, 1.807) is 19.9 Å². The average Bonchev–Trinajstić information content (AvgIpc) is 2.96. The van der Waals surface area contributed by atoms with Crippen LogP contribution in [0.5, 0.6) is 0 Å². The van der Waals surface area contributed by atoms with E-state index >= 15 is 0 Å². The van der Waals surface area contributed by atoms with Crippen molar-refractivity contribution < 1.29 is 21.8 Å². The highest BCUT2D eigenvalue weighted by atomic mass is 35.5. The minimum Gasteiger partial charge on any atom is -0.358 e. The molecule has 0 aliphatic heterocycles. The number of aryl methyl sites for hydroxylation is 2. The van der Waals surface area contributed by atoms with E-state index in [4.69, 9.17) is 46.4 Å². The Morgan fingerprint density at radius 3 is 1.52 bits per heavy atom. The fourth-order valence-corrected chi connectivity index (χ4v) is 6.03. The molecule has 2 aromatic heterocycles. The zero-order chi connectivity index (χ0) is 33.2. The Labute approximate surface area is 283 Å². The molecule has 4 aromatic rings. The molecule has 0 N–H and O–H groups in total. The van der Waals surface area contributed by atoms with Crippen LogP contribution in [0.4, 0.5) is 11.6 Å². The molecule has 44 heavy (non-hydrogen) atoms. The first-order valence-electron chi connectivity index (χ1n) is 11.5. The third-order valence-electron chi connectivity index (χ3n) is 5.29. The molecule has 0 saturated heterocycles. The first-order valence-corrected chi connectivity index (χ1v) is 16.8. The van der Waals surface area contributed by atoms with Gasteiger partial charge < -0.3 is 10.1 Å². The van der Waals surface area contributed by atoms with Gasteiger partial charge in [-0.15, -0.1) is 0 Å². The van der Waals surface area contributed by atoms with E-state index in [1.165, 1.54) is 48.7 Å². The standard InChI is InChI=1S/C13H9ClN2O2S2.C12H9ClN2O4S.CCl2S/c1-9-6-10(2-4-12(9)14)20(17,18)11-3-5-13(15-7-11)16-8-19;1-8-6-9(2-4-11(8)13)20(18,19)10-3-5-12(14-7-10)15(16)17;2-1(3)4/h2*2-7H,1H3;. The Morgan fingerprint density at radius 1 is 0.795 bits per heavy atom. The van der Waals surface area contributed by atoms with Crippen LogP contribution in [0.1, 0.15) is 11.1 Å². The Balaban J connectivity index is 0.000000274. The van der Waals surface area contributed by atoms with Crippen LogP contribution in [0, 0.1) is 24.0 Å². The lowest BCUT2D eigenvalue weighted by molar-refractivity contribution is -0.389. The molecular weight excluding hydrogens is 734 g/mol. The van der Waals surface area contributed by atoms with Gasteiger partial charge in [0.25, 0.3) is 0 Å². The van der Waals surface area contributed by atoms with Gasteiger partial charge in [0.05, 0.1) is 19.8 Å². The number of nitrogens with zero attached hydrogens (tertiary/aromatic N) is 4. The van der Waals surface area contributed by atoms with Crippen LogP contribution < -0.4 is 0 Å². The van der Waals surface area contributed by atoms with Gasteiger partial charge in [0.2, 0.25) is 19.7 Å². The Bertz CT molecular complexity index is 1830. The van der Waals surface area contributed by atoms with Gasteiger partial charge in [0.15, 0.2) is 15.8 Å². The van der Waals surface area contributed by atoms with E-state index in [-0.39, 0.29) is 23.4 Å². The van der Waals surface area contributed by atoms with Crippen LogP contribution in [0.3, 0.4) is 0 Å². The van der Waals surface area contributed by atoms with Crippen molar-refractivity contribution in [1.29, 1.82) is 0 Å². The van der Waals surface area contributed by atoms with Gasteiger partial charge >= 0.3 is 5.82 Å². The second kappa shape index (κ2) is 16.4. The summed E-state index contributed by atoms with van der Waals surface area (Å²) in [6.45, 7) is 3.44. The lowest BCUT2D eigenvalue weighted by Crippen LogP contribution is -2.03. The van der Waals surface area contributed by atoms with Crippen LogP contribution in [0.15, 0.2) is 97.6 Å². The molecule has 0 saturated carbocycles. The number of pyridine rings is 2. The second-order valence-electron chi connectivity index (χ2n) is 8.22. The Kier molecular flexibility index (Phi) is 13.9. The molecule has 0 unspecified atom stereocenters. The Hall–Kier alpha value is -2.91. The molecule has 0 radical (unpaired) electrons. The number of aliphatic imine (C=N–C) groups is 1. The summed E-state index contributed by atoms with van der Waals surface area (Å²) in [6, 6.07) is 14.0. The highest BCUT2D eigenvalue weighted by Gasteiger charge is 2.21. The molecule has 4 rings (SSSR count). The molecule has 0 spiro atoms. The van der Waals surface area contributed by atoms with Gasteiger partial charge in [0.1, 0.15) is 4.90 Å². The summed E-state index contributed by atoms with van der Waals surface area (Å²) in [5.74, 6) is -0.0949. The number of hydrogen-bond donors (Lipinski definition) is 0. The third-order valence-corrected chi connectivity index (χ3v) is 9.70. The summed E-state index contributed by atoms with van der Waals surface area (Å²) in [4.78, 5) is 21.1. The summed E-state index contributed by atoms with van der Waals surface area (Å²) in [7, 11) is -7.38. The largest absolute Gasteiger partial charge is 0.363 e. The van der Waals surface area contributed by atoms with Gasteiger partial charge in [-0.05, 0) is 102 Å². The van der Waals surface area contributed by atoms with Crippen molar-refractivity contribution >= 4 is 111 Å². The molecule has 0 atom stereocenters. The van der Waals surface area contributed by atoms with Gasteiger partial charge in [0, 0.05) is 22.3 Å². The number of hydrogen-bond acceptors (Lipinski definition) is 11. The summed E-state index contributed by atoms with van der Waals surface area (Å²) in [5.41, 5.74) is 1.32. The molecule has 0 bridgehead atoms. The number of aromatic nitrogens is 2. The predicted octanol–water partition coefficient (Wildman–Crippen LogP) is 8.14. The van der Waals surface area contributed by atoms with E-state index in [0.717, 1.165) is 18.3 Å². The van der Waals surface area contributed by atoms with Crippen molar-refractivity contribution in [3.63, 3.8) is 0 Å². The van der Waals surface area contributed by atoms with E-state index in [1.807, 2.05) is 0 Å². The van der Waals surface area contributed by atoms with E-state index in [9.17, 15) is 26.9 Å². The summed E-state index contributed by atoms with van der Waals surface area (Å²) in [5, 5.41) is 13.6. The highest BCUT2D eigenvalue weighted by Crippen LogP contribution is 2.26. The molecule has 0 fully saturated rings. The molecule has 230 valence electrons. The number of halogens is 4. The van der Waals surface area contributed by atoms with Crippen LogP contribution in [0.25, 0.3) is 0 Å². The number of benzene rings is 2. The normalized spacial score (nSPS) is 10.7. The first kappa shape index (κ1) is 37.3. The number of thiocarbonyl (C=S) groups is 2. The molecule has 18 heteroatoms. The maximum atomic E-state index is 12.4. The van der Waals surface area contributed by atoms with E-state index in [2.05, 4.69) is 44.6 Å². The van der Waals surface area contributed by atoms with Gasteiger partial charge in [-0.1, -0.05) is 58.6 Å². The van der Waals surface area contributed by atoms with Crippen LogP contribution in [-0.4, -0.2) is 40.7 Å². The summed E-state index contributed by atoms with van der Waals surface area (Å²) < 4.78 is 49.4. The minimum atomic E-state index is -3.76. The first-order chi connectivity index (χ1) is 20.5. The number of isothiocyanates is 1. The fraction of sp³-hybridized carbons (Fsp3) is 0.0769. The van der Waals surface area contributed by atoms with Crippen LogP contribution in [0.2, 0.25) is 10.0 Å². The zero-order valence-electron chi connectivity index (χ0n) is 22.3. The number of rotatable bonds is 6. The fourth-order valence-electron chi connectivity index (χ4n) is 3.12. The molecule has 0 amide bonds. The van der Waals surface area contributed by atoms with Crippen molar-refractivity contribution in [2.24, 2.45) is 4.99 Å². The van der Waals surface area contributed by atoms with Gasteiger partial charge in [-0.2, -0.15) is 4.99 Å². The smallest absolute Gasteiger partial charge is 0.358 e. The topological polar surface area (TPSA) is 150 Å². The molecule has 0 aliphatic rings. The predicted molar refractivity (Wildman–Crippen MR) is 177 cm³/mol.